The number of carbonyl (C=O) groups excluding carboxylic acids is 4. The molecule has 0 bridgehead atoms. The summed E-state index contributed by atoms with van der Waals surface area (Å²) in [5.41, 5.74) is -1.84. The van der Waals surface area contributed by atoms with E-state index in [0.29, 0.717) is 72.1 Å². The SMILES string of the molecule is CC1CN(CCOc2ccc(N3C(=S)N(c4cnc(C#N)c(C(F)(F)F)c4)C(=O)C3(C)C)cc2CCF)CCN1CC(=O)Nc1cc(Cl)cc(NC2CCC(=O)NC2=O)c1. The molecule has 0 aliphatic carbocycles. The van der Waals surface area contributed by atoms with E-state index in [1.54, 1.807) is 50.2 Å². The molecular formula is C40H42ClF4N9O5S. The van der Waals surface area contributed by atoms with Crippen LogP contribution in [-0.2, 0) is 31.8 Å². The van der Waals surface area contributed by atoms with E-state index in [1.165, 1.54) is 11.0 Å². The van der Waals surface area contributed by atoms with Gasteiger partial charge in [0.2, 0.25) is 17.7 Å². The first kappa shape index (κ1) is 44.1. The van der Waals surface area contributed by atoms with E-state index in [2.05, 4.69) is 30.7 Å². The highest BCUT2D eigenvalue weighted by atomic mass is 35.5. The summed E-state index contributed by atoms with van der Waals surface area (Å²) in [6, 6.07) is 11.3. The largest absolute Gasteiger partial charge is 0.492 e. The van der Waals surface area contributed by atoms with Gasteiger partial charge in [-0.3, -0.25) is 43.6 Å². The standard InChI is InChI=1S/C40H42ClF4N9O5S/c1-23-21-51(10-11-52(23)22-35(56)49-27-16-25(41)15-26(17-27)48-31-5-7-34(55)50-36(31)57)12-13-59-33-6-4-28(14-24(33)8-9-42)54-38(60)53(37(58)39(54,2)3)29-18-30(40(43,44)45)32(19-46)47-20-29/h4,6,14-18,20,23,31,48H,5,7-13,21-22H2,1-3H3,(H,49,56)(H,50,55,57). The van der Waals surface area contributed by atoms with Gasteiger partial charge < -0.3 is 20.3 Å². The Morgan fingerprint density at radius 1 is 1.12 bits per heavy atom. The molecule has 14 nitrogen and oxygen atoms in total. The zero-order valence-electron chi connectivity index (χ0n) is 32.9. The van der Waals surface area contributed by atoms with Gasteiger partial charge in [0.05, 0.1) is 30.7 Å². The molecule has 2 unspecified atom stereocenters. The lowest BCUT2D eigenvalue weighted by molar-refractivity contribution is -0.138. The zero-order chi connectivity index (χ0) is 43.5. The smallest absolute Gasteiger partial charge is 0.419 e. The Morgan fingerprint density at radius 2 is 1.87 bits per heavy atom. The van der Waals surface area contributed by atoms with Crippen molar-refractivity contribution in [3.8, 4) is 11.8 Å². The number of benzene rings is 2. The minimum atomic E-state index is -4.90. The number of aromatic nitrogens is 1. The van der Waals surface area contributed by atoms with Crippen LogP contribution in [0.3, 0.4) is 0 Å². The minimum absolute atomic E-state index is 0.0129. The van der Waals surface area contributed by atoms with Crippen molar-refractivity contribution in [3.05, 3.63) is 70.5 Å². The van der Waals surface area contributed by atoms with E-state index >= 15 is 0 Å². The lowest BCUT2D eigenvalue weighted by atomic mass is 10.0. The lowest BCUT2D eigenvalue weighted by Crippen LogP contribution is -2.54. The molecule has 4 heterocycles. The van der Waals surface area contributed by atoms with Gasteiger partial charge in [-0.2, -0.15) is 18.4 Å². The molecule has 318 valence electrons. The highest BCUT2D eigenvalue weighted by molar-refractivity contribution is 7.81. The predicted octanol–water partition coefficient (Wildman–Crippen LogP) is 5.29. The van der Waals surface area contributed by atoms with Gasteiger partial charge in [0.1, 0.15) is 30.0 Å². The summed E-state index contributed by atoms with van der Waals surface area (Å²) in [6.45, 7) is 7.28. The van der Waals surface area contributed by atoms with Crippen LogP contribution in [0, 0.1) is 11.3 Å². The van der Waals surface area contributed by atoms with Crippen LogP contribution in [0.2, 0.25) is 5.02 Å². The number of thiocarbonyl (C=S) groups is 1. The first-order valence-electron chi connectivity index (χ1n) is 19.0. The molecule has 3 fully saturated rings. The maximum Gasteiger partial charge on any atom is 0.419 e. The van der Waals surface area contributed by atoms with E-state index in [4.69, 9.17) is 33.8 Å². The highest BCUT2D eigenvalue weighted by Gasteiger charge is 2.51. The Morgan fingerprint density at radius 3 is 2.55 bits per heavy atom. The third-order valence-electron chi connectivity index (χ3n) is 10.5. The third-order valence-corrected chi connectivity index (χ3v) is 11.1. The molecule has 1 aromatic heterocycles. The highest BCUT2D eigenvalue weighted by Crippen LogP contribution is 2.40. The van der Waals surface area contributed by atoms with Crippen LogP contribution in [0.15, 0.2) is 48.7 Å². The monoisotopic (exact) mass is 871 g/mol. The quantitative estimate of drug-likeness (QED) is 0.116. The summed E-state index contributed by atoms with van der Waals surface area (Å²) in [4.78, 5) is 60.8. The van der Waals surface area contributed by atoms with Crippen molar-refractivity contribution in [1.29, 1.82) is 5.26 Å². The van der Waals surface area contributed by atoms with Crippen LogP contribution in [0.25, 0.3) is 0 Å². The second kappa shape index (κ2) is 18.1. The van der Waals surface area contributed by atoms with E-state index in [1.807, 2.05) is 6.92 Å². The summed E-state index contributed by atoms with van der Waals surface area (Å²) >= 11 is 11.9. The number of amides is 4. The van der Waals surface area contributed by atoms with Crippen molar-refractivity contribution in [2.24, 2.45) is 0 Å². The van der Waals surface area contributed by atoms with Crippen molar-refractivity contribution in [1.82, 2.24) is 20.1 Å². The van der Waals surface area contributed by atoms with Gasteiger partial charge in [0.25, 0.3) is 5.91 Å². The number of aryl methyl sites for hydroxylation is 1. The van der Waals surface area contributed by atoms with Gasteiger partial charge in [-0.15, -0.1) is 0 Å². The lowest BCUT2D eigenvalue weighted by Gasteiger charge is -2.39. The predicted molar refractivity (Wildman–Crippen MR) is 220 cm³/mol. The van der Waals surface area contributed by atoms with E-state index in [0.717, 1.165) is 11.1 Å². The molecule has 6 rings (SSSR count). The van der Waals surface area contributed by atoms with Crippen LogP contribution < -0.4 is 30.5 Å². The maximum atomic E-state index is 13.8. The van der Waals surface area contributed by atoms with Gasteiger partial charge in [0, 0.05) is 67.1 Å². The second-order valence-corrected chi connectivity index (χ2v) is 15.9. The molecular weight excluding hydrogens is 830 g/mol. The molecule has 2 aromatic carbocycles. The Hall–Kier alpha value is -5.42. The first-order valence-corrected chi connectivity index (χ1v) is 19.8. The van der Waals surface area contributed by atoms with Crippen LogP contribution in [0.4, 0.5) is 40.3 Å². The van der Waals surface area contributed by atoms with Crippen LogP contribution in [-0.4, -0.2) is 107 Å². The average Bonchev–Trinajstić information content (AvgIpc) is 3.35. The molecule has 3 aromatic rings. The average molecular weight is 872 g/mol. The molecule has 20 heteroatoms. The van der Waals surface area contributed by atoms with Crippen molar-refractivity contribution < 1.29 is 41.5 Å². The van der Waals surface area contributed by atoms with E-state index in [9.17, 15) is 36.7 Å². The second-order valence-electron chi connectivity index (χ2n) is 15.1. The fourth-order valence-corrected chi connectivity index (χ4v) is 8.19. The number of halogens is 5. The Bertz CT molecular complexity index is 2240. The van der Waals surface area contributed by atoms with Crippen LogP contribution in [0.1, 0.15) is 50.4 Å². The summed E-state index contributed by atoms with van der Waals surface area (Å²) in [5.74, 6) is -1.18. The molecule has 2 atom stereocenters. The van der Waals surface area contributed by atoms with Crippen LogP contribution in [0.5, 0.6) is 5.75 Å². The number of piperazine rings is 1. The number of ether oxygens (including phenoxy) is 1. The fourth-order valence-electron chi connectivity index (χ4n) is 7.44. The number of nitrogens with zero attached hydrogens (tertiary/aromatic N) is 6. The molecule has 3 N–H and O–H groups in total. The molecule has 0 radical (unpaired) electrons. The molecule has 60 heavy (non-hydrogen) atoms. The number of alkyl halides is 4. The number of hydrogen-bond acceptors (Lipinski definition) is 11. The normalized spacial score (nSPS) is 19.9. The topological polar surface area (TPSA) is 163 Å². The Labute approximate surface area is 353 Å². The third kappa shape index (κ3) is 9.78. The molecule has 4 amide bonds. The molecule has 3 aliphatic rings. The number of nitriles is 1. The van der Waals surface area contributed by atoms with Gasteiger partial charge in [-0.25, -0.2) is 4.98 Å². The number of pyridine rings is 1. The number of piperidine rings is 1. The number of imide groups is 1. The number of carbonyl (C=O) groups is 4. The van der Waals surface area contributed by atoms with Crippen molar-refractivity contribution in [3.63, 3.8) is 0 Å². The van der Waals surface area contributed by atoms with Gasteiger partial charge in [0.15, 0.2) is 10.8 Å². The number of hydrogen-bond donors (Lipinski definition) is 3. The van der Waals surface area contributed by atoms with Crippen molar-refractivity contribution in [2.45, 2.75) is 63.8 Å². The van der Waals surface area contributed by atoms with Crippen molar-refractivity contribution >= 4 is 75.3 Å². The summed E-state index contributed by atoms with van der Waals surface area (Å²) in [6.07, 6.45) is -3.37. The summed E-state index contributed by atoms with van der Waals surface area (Å²) < 4.78 is 61.2. The summed E-state index contributed by atoms with van der Waals surface area (Å²) in [5, 5.41) is 17.7. The van der Waals surface area contributed by atoms with Gasteiger partial charge in [-0.05, 0) is 87.4 Å². The molecule has 3 saturated heterocycles. The summed E-state index contributed by atoms with van der Waals surface area (Å²) in [7, 11) is 0. The van der Waals surface area contributed by atoms with Gasteiger partial charge in [-0.1, -0.05) is 11.6 Å². The Kier molecular flexibility index (Phi) is 13.3. The van der Waals surface area contributed by atoms with E-state index in [-0.39, 0.29) is 54.6 Å². The molecule has 0 saturated carbocycles. The van der Waals surface area contributed by atoms with Crippen LogP contribution >= 0.6 is 23.8 Å². The number of anilines is 4. The van der Waals surface area contributed by atoms with Crippen molar-refractivity contribution in [2.75, 3.05) is 66.4 Å². The number of rotatable bonds is 13. The molecule has 3 aliphatic heterocycles. The van der Waals surface area contributed by atoms with E-state index < -0.39 is 47.5 Å². The number of nitrogens with one attached hydrogen (secondary N) is 3. The maximum absolute atomic E-state index is 13.8. The minimum Gasteiger partial charge on any atom is -0.492 e. The Balaban J connectivity index is 1.03. The fraction of sp³-hybridized carbons (Fsp3) is 0.425. The van der Waals surface area contributed by atoms with Gasteiger partial charge >= 0.3 is 6.18 Å². The first-order chi connectivity index (χ1) is 28.4. The molecule has 0 spiro atoms. The zero-order valence-corrected chi connectivity index (χ0v) is 34.4.